The molecule has 0 aromatic heterocycles. The fourth-order valence-electron chi connectivity index (χ4n) is 6.29. The minimum absolute atomic E-state index is 0.103. The van der Waals surface area contributed by atoms with Crippen LogP contribution < -0.4 is 4.90 Å². The quantitative estimate of drug-likeness (QED) is 0.464. The maximum atomic E-state index is 13.5. The van der Waals surface area contributed by atoms with E-state index in [1.165, 1.54) is 4.90 Å². The van der Waals surface area contributed by atoms with Crippen molar-refractivity contribution in [3.63, 3.8) is 0 Å². The molecule has 4 amide bonds. The van der Waals surface area contributed by atoms with E-state index in [1.807, 2.05) is 47.9 Å². The van der Waals surface area contributed by atoms with Crippen LogP contribution in [0.15, 0.2) is 42.5 Å². The Labute approximate surface area is 240 Å². The van der Waals surface area contributed by atoms with Crippen LogP contribution in [-0.4, -0.2) is 77.6 Å². The SMILES string of the molecule is CCN(CC)C(=O)[C@@H]1CCCN(C(=O)C2CCN(c3cccc4c3C(=O)N(Cc3ccc(Cl)cc3)C4=O)CC2)C1. The number of anilines is 1. The van der Waals surface area contributed by atoms with E-state index in [-0.39, 0.29) is 42.0 Å². The Balaban J connectivity index is 1.23. The van der Waals surface area contributed by atoms with Crippen LogP contribution >= 0.6 is 11.6 Å². The van der Waals surface area contributed by atoms with Gasteiger partial charge in [-0.1, -0.05) is 29.8 Å². The highest BCUT2D eigenvalue weighted by Crippen LogP contribution is 2.35. The molecule has 3 aliphatic heterocycles. The highest BCUT2D eigenvalue weighted by molar-refractivity contribution is 6.30. The van der Waals surface area contributed by atoms with Gasteiger partial charge in [-0.15, -0.1) is 0 Å². The van der Waals surface area contributed by atoms with Crippen LogP contribution in [0.1, 0.15) is 65.8 Å². The van der Waals surface area contributed by atoms with Gasteiger partial charge in [0.15, 0.2) is 0 Å². The first-order chi connectivity index (χ1) is 19.3. The number of carbonyl (C=O) groups is 4. The molecular weight excluding hydrogens is 528 g/mol. The molecule has 1 atom stereocenters. The number of likely N-dealkylation sites (tertiary alicyclic amines) is 1. The molecule has 212 valence electrons. The van der Waals surface area contributed by atoms with Crippen molar-refractivity contribution in [2.75, 3.05) is 44.2 Å². The van der Waals surface area contributed by atoms with Gasteiger partial charge in [0.1, 0.15) is 0 Å². The summed E-state index contributed by atoms with van der Waals surface area (Å²) in [5.41, 5.74) is 2.45. The molecule has 0 spiro atoms. The summed E-state index contributed by atoms with van der Waals surface area (Å²) in [6.45, 7) is 8.00. The maximum Gasteiger partial charge on any atom is 0.263 e. The summed E-state index contributed by atoms with van der Waals surface area (Å²) >= 11 is 5.99. The Morgan fingerprint density at radius 2 is 1.60 bits per heavy atom. The predicted octanol–water partition coefficient (Wildman–Crippen LogP) is 4.46. The molecule has 2 saturated heterocycles. The number of benzene rings is 2. The first kappa shape index (κ1) is 28.1. The lowest BCUT2D eigenvalue weighted by atomic mass is 9.91. The standard InChI is InChI=1S/C31H37ClN4O4/c1-3-33(4-2)29(38)23-7-6-16-35(20-23)28(37)22-14-17-34(18-15-22)26-9-5-8-25-27(26)31(40)36(30(25)39)19-21-10-12-24(32)13-11-21/h5,8-13,22-23H,3-4,6-7,14-20H2,1-2H3/t23-/m1/s1. The van der Waals surface area contributed by atoms with E-state index in [2.05, 4.69) is 4.90 Å². The van der Waals surface area contributed by atoms with Crippen molar-refractivity contribution < 1.29 is 19.2 Å². The molecular formula is C31H37ClN4O4. The topological polar surface area (TPSA) is 81.2 Å². The Hall–Kier alpha value is -3.39. The smallest absolute Gasteiger partial charge is 0.263 e. The number of piperidine rings is 2. The average molecular weight is 565 g/mol. The Kier molecular flexibility index (Phi) is 8.45. The van der Waals surface area contributed by atoms with E-state index in [0.717, 1.165) is 24.1 Å². The molecule has 2 aromatic carbocycles. The van der Waals surface area contributed by atoms with E-state index in [4.69, 9.17) is 11.6 Å². The van der Waals surface area contributed by atoms with E-state index in [9.17, 15) is 19.2 Å². The Morgan fingerprint density at radius 1 is 0.900 bits per heavy atom. The summed E-state index contributed by atoms with van der Waals surface area (Å²) in [6, 6.07) is 12.6. The summed E-state index contributed by atoms with van der Waals surface area (Å²) in [7, 11) is 0. The second-order valence-electron chi connectivity index (χ2n) is 10.9. The summed E-state index contributed by atoms with van der Waals surface area (Å²) < 4.78 is 0. The fraction of sp³-hybridized carbons (Fsp3) is 0.484. The normalized spacial score (nSPS) is 19.7. The van der Waals surface area contributed by atoms with Crippen LogP contribution in [-0.2, 0) is 16.1 Å². The largest absolute Gasteiger partial charge is 0.371 e. The number of imide groups is 1. The van der Waals surface area contributed by atoms with Gasteiger partial charge in [-0.3, -0.25) is 24.1 Å². The summed E-state index contributed by atoms with van der Waals surface area (Å²) in [6.07, 6.45) is 3.02. The first-order valence-electron chi connectivity index (χ1n) is 14.4. The molecule has 0 aliphatic carbocycles. The van der Waals surface area contributed by atoms with Gasteiger partial charge in [-0.05, 0) is 69.4 Å². The maximum absolute atomic E-state index is 13.5. The van der Waals surface area contributed by atoms with Crippen molar-refractivity contribution in [2.45, 2.75) is 46.1 Å². The molecule has 5 rings (SSSR count). The summed E-state index contributed by atoms with van der Waals surface area (Å²) in [5.74, 6) is -0.519. The molecule has 0 saturated carbocycles. The van der Waals surface area contributed by atoms with E-state index < -0.39 is 0 Å². The van der Waals surface area contributed by atoms with Gasteiger partial charge in [-0.2, -0.15) is 0 Å². The number of fused-ring (bicyclic) bond motifs is 1. The number of rotatable bonds is 7. The monoisotopic (exact) mass is 564 g/mol. The molecule has 2 fully saturated rings. The molecule has 0 radical (unpaired) electrons. The van der Waals surface area contributed by atoms with Gasteiger partial charge in [-0.25, -0.2) is 0 Å². The molecule has 3 aliphatic rings. The second-order valence-corrected chi connectivity index (χ2v) is 11.4. The number of nitrogens with zero attached hydrogens (tertiary/aromatic N) is 4. The predicted molar refractivity (Wildman–Crippen MR) is 154 cm³/mol. The van der Waals surface area contributed by atoms with Crippen molar-refractivity contribution in [2.24, 2.45) is 11.8 Å². The lowest BCUT2D eigenvalue weighted by Gasteiger charge is -2.39. The Morgan fingerprint density at radius 3 is 2.27 bits per heavy atom. The van der Waals surface area contributed by atoms with Gasteiger partial charge < -0.3 is 14.7 Å². The van der Waals surface area contributed by atoms with Crippen LogP contribution in [0, 0.1) is 11.8 Å². The third kappa shape index (κ3) is 5.46. The zero-order chi connectivity index (χ0) is 28.4. The molecule has 0 unspecified atom stereocenters. The zero-order valence-electron chi connectivity index (χ0n) is 23.3. The number of amides is 4. The second kappa shape index (κ2) is 12.0. The van der Waals surface area contributed by atoms with Crippen LogP contribution in [0.2, 0.25) is 5.02 Å². The number of halogens is 1. The molecule has 40 heavy (non-hydrogen) atoms. The minimum Gasteiger partial charge on any atom is -0.371 e. The lowest BCUT2D eigenvalue weighted by molar-refractivity contribution is -0.143. The molecule has 2 aromatic rings. The Bertz CT molecular complexity index is 1280. The van der Waals surface area contributed by atoms with Crippen molar-refractivity contribution in [3.8, 4) is 0 Å². The molecule has 0 bridgehead atoms. The molecule has 3 heterocycles. The van der Waals surface area contributed by atoms with Gasteiger partial charge >= 0.3 is 0 Å². The molecule has 9 heteroatoms. The van der Waals surface area contributed by atoms with Gasteiger partial charge in [0, 0.05) is 50.2 Å². The zero-order valence-corrected chi connectivity index (χ0v) is 24.0. The summed E-state index contributed by atoms with van der Waals surface area (Å²) in [4.78, 5) is 60.2. The van der Waals surface area contributed by atoms with Gasteiger partial charge in [0.2, 0.25) is 11.8 Å². The van der Waals surface area contributed by atoms with Crippen molar-refractivity contribution in [1.82, 2.24) is 14.7 Å². The fourth-order valence-corrected chi connectivity index (χ4v) is 6.42. The van der Waals surface area contributed by atoms with E-state index >= 15 is 0 Å². The van der Waals surface area contributed by atoms with Gasteiger partial charge in [0.05, 0.1) is 29.3 Å². The van der Waals surface area contributed by atoms with Crippen molar-refractivity contribution >= 4 is 40.9 Å². The molecule has 0 N–H and O–H groups in total. The third-order valence-corrected chi connectivity index (χ3v) is 8.83. The number of hydrogen-bond acceptors (Lipinski definition) is 5. The number of hydrogen-bond donors (Lipinski definition) is 0. The third-order valence-electron chi connectivity index (χ3n) is 8.57. The lowest BCUT2D eigenvalue weighted by Crippen LogP contribution is -2.49. The highest BCUT2D eigenvalue weighted by atomic mass is 35.5. The van der Waals surface area contributed by atoms with Crippen molar-refractivity contribution in [3.05, 3.63) is 64.2 Å². The van der Waals surface area contributed by atoms with Crippen LogP contribution in [0.4, 0.5) is 5.69 Å². The minimum atomic E-state index is -0.291. The van der Waals surface area contributed by atoms with Gasteiger partial charge in [0.25, 0.3) is 11.8 Å². The van der Waals surface area contributed by atoms with E-state index in [0.29, 0.717) is 68.3 Å². The van der Waals surface area contributed by atoms with E-state index in [1.54, 1.807) is 18.2 Å². The summed E-state index contributed by atoms with van der Waals surface area (Å²) in [5, 5.41) is 0.600. The first-order valence-corrected chi connectivity index (χ1v) is 14.8. The van der Waals surface area contributed by atoms with Crippen molar-refractivity contribution in [1.29, 1.82) is 0 Å². The van der Waals surface area contributed by atoms with Crippen LogP contribution in [0.3, 0.4) is 0 Å². The van der Waals surface area contributed by atoms with Crippen LogP contribution in [0.5, 0.6) is 0 Å². The van der Waals surface area contributed by atoms with Crippen LogP contribution in [0.25, 0.3) is 0 Å². The number of carbonyl (C=O) groups excluding carboxylic acids is 4. The molecule has 8 nitrogen and oxygen atoms in total. The highest BCUT2D eigenvalue weighted by Gasteiger charge is 2.40. The average Bonchev–Trinajstić information content (AvgIpc) is 3.23.